The molecule has 0 saturated carbocycles. The highest BCUT2D eigenvalue weighted by Gasteiger charge is 2.28. The molecule has 1 aromatic heterocycles. The molecular formula is C15H16BrNO2. The highest BCUT2D eigenvalue weighted by Crippen LogP contribution is 2.33. The van der Waals surface area contributed by atoms with Gasteiger partial charge in [0.1, 0.15) is 0 Å². The predicted octanol–water partition coefficient (Wildman–Crippen LogP) is 3.60. The first-order chi connectivity index (χ1) is 9.19. The highest BCUT2D eigenvalue weighted by atomic mass is 79.9. The van der Waals surface area contributed by atoms with Gasteiger partial charge in [-0.1, -0.05) is 15.9 Å². The van der Waals surface area contributed by atoms with E-state index in [4.69, 9.17) is 4.74 Å². The van der Waals surface area contributed by atoms with E-state index in [1.54, 1.807) is 0 Å². The molecule has 0 fully saturated rings. The van der Waals surface area contributed by atoms with Gasteiger partial charge in [0.15, 0.2) is 0 Å². The van der Waals surface area contributed by atoms with Gasteiger partial charge in [0.25, 0.3) is 0 Å². The van der Waals surface area contributed by atoms with E-state index in [2.05, 4.69) is 33.0 Å². The van der Waals surface area contributed by atoms with Crippen molar-refractivity contribution in [3.05, 3.63) is 33.9 Å². The summed E-state index contributed by atoms with van der Waals surface area (Å²) in [4.78, 5) is 15.4. The smallest absolute Gasteiger partial charge is 0.309 e. The van der Waals surface area contributed by atoms with Gasteiger partial charge in [-0.05, 0) is 49.9 Å². The Morgan fingerprint density at radius 2 is 2.37 bits per heavy atom. The third-order valence-corrected chi connectivity index (χ3v) is 4.26. The van der Waals surface area contributed by atoms with Crippen LogP contribution in [0.15, 0.2) is 22.7 Å². The lowest BCUT2D eigenvalue weighted by molar-refractivity contribution is -0.148. The second-order valence-corrected chi connectivity index (χ2v) is 5.88. The van der Waals surface area contributed by atoms with E-state index in [1.807, 2.05) is 13.0 Å². The standard InChI is InChI=1S/C15H16BrNO2/c1-2-19-15(18)9-3-5-13-11(7-9)12-8-10(16)4-6-14(12)17-13/h4,6,8-9,17H,2-3,5,7H2,1H3. The van der Waals surface area contributed by atoms with Crippen LogP contribution in [0.2, 0.25) is 0 Å². The second kappa shape index (κ2) is 5.00. The lowest BCUT2D eigenvalue weighted by Crippen LogP contribution is -2.24. The maximum Gasteiger partial charge on any atom is 0.309 e. The number of halogens is 1. The van der Waals surface area contributed by atoms with E-state index < -0.39 is 0 Å². The number of aryl methyl sites for hydroxylation is 1. The van der Waals surface area contributed by atoms with Crippen LogP contribution < -0.4 is 0 Å². The van der Waals surface area contributed by atoms with Crippen LogP contribution in [0.4, 0.5) is 0 Å². The largest absolute Gasteiger partial charge is 0.466 e. The van der Waals surface area contributed by atoms with Gasteiger partial charge in [0.2, 0.25) is 0 Å². The molecule has 1 aliphatic carbocycles. The van der Waals surface area contributed by atoms with Crippen LogP contribution in [0.1, 0.15) is 24.6 Å². The summed E-state index contributed by atoms with van der Waals surface area (Å²) in [6.07, 6.45) is 2.58. The first-order valence-electron chi connectivity index (χ1n) is 6.64. The molecule has 0 radical (unpaired) electrons. The van der Waals surface area contributed by atoms with Gasteiger partial charge in [-0.2, -0.15) is 0 Å². The minimum absolute atomic E-state index is 0.00503. The number of H-pyrrole nitrogens is 1. The molecule has 1 unspecified atom stereocenters. The Kier molecular flexibility index (Phi) is 3.35. The van der Waals surface area contributed by atoms with Crippen LogP contribution in [-0.4, -0.2) is 17.6 Å². The number of carbonyl (C=O) groups excluding carboxylic acids is 1. The minimum atomic E-state index is -0.0579. The lowest BCUT2D eigenvalue weighted by atomic mass is 9.86. The molecule has 1 atom stereocenters. The number of carbonyl (C=O) groups is 1. The van der Waals surface area contributed by atoms with Crippen molar-refractivity contribution >= 4 is 32.8 Å². The highest BCUT2D eigenvalue weighted by molar-refractivity contribution is 9.10. The average molecular weight is 322 g/mol. The molecule has 0 bridgehead atoms. The maximum absolute atomic E-state index is 11.9. The number of aromatic amines is 1. The van der Waals surface area contributed by atoms with E-state index >= 15 is 0 Å². The molecule has 1 N–H and O–H groups in total. The maximum atomic E-state index is 11.9. The summed E-state index contributed by atoms with van der Waals surface area (Å²) >= 11 is 3.51. The number of hydrogen-bond donors (Lipinski definition) is 1. The van der Waals surface area contributed by atoms with Crippen LogP contribution in [0.3, 0.4) is 0 Å². The van der Waals surface area contributed by atoms with Crippen molar-refractivity contribution in [1.29, 1.82) is 0 Å². The molecule has 2 aromatic rings. The third-order valence-electron chi connectivity index (χ3n) is 3.77. The van der Waals surface area contributed by atoms with Crippen molar-refractivity contribution in [2.45, 2.75) is 26.2 Å². The van der Waals surface area contributed by atoms with Crippen molar-refractivity contribution in [3.8, 4) is 0 Å². The molecule has 0 saturated heterocycles. The van der Waals surface area contributed by atoms with Crippen LogP contribution in [0.25, 0.3) is 10.9 Å². The van der Waals surface area contributed by atoms with Gasteiger partial charge in [-0.15, -0.1) is 0 Å². The Balaban J connectivity index is 1.97. The molecule has 19 heavy (non-hydrogen) atoms. The van der Waals surface area contributed by atoms with Crippen molar-refractivity contribution in [3.63, 3.8) is 0 Å². The Labute approximate surface area is 120 Å². The van der Waals surface area contributed by atoms with E-state index in [-0.39, 0.29) is 11.9 Å². The number of hydrogen-bond acceptors (Lipinski definition) is 2. The van der Waals surface area contributed by atoms with Crippen molar-refractivity contribution < 1.29 is 9.53 Å². The fourth-order valence-electron chi connectivity index (χ4n) is 2.85. The Bertz CT molecular complexity index is 632. The van der Waals surface area contributed by atoms with Gasteiger partial charge in [0.05, 0.1) is 12.5 Å². The number of benzene rings is 1. The SMILES string of the molecule is CCOC(=O)C1CCc2[nH]c3ccc(Br)cc3c2C1. The van der Waals surface area contributed by atoms with Crippen LogP contribution in [0, 0.1) is 5.92 Å². The van der Waals surface area contributed by atoms with Gasteiger partial charge in [-0.25, -0.2) is 0 Å². The Hall–Kier alpha value is -1.29. The molecule has 0 spiro atoms. The zero-order valence-corrected chi connectivity index (χ0v) is 12.4. The Morgan fingerprint density at radius 3 is 3.16 bits per heavy atom. The van der Waals surface area contributed by atoms with Crippen molar-refractivity contribution in [2.75, 3.05) is 6.61 Å². The predicted molar refractivity (Wildman–Crippen MR) is 78.1 cm³/mol. The van der Waals surface area contributed by atoms with Crippen LogP contribution in [0.5, 0.6) is 0 Å². The number of fused-ring (bicyclic) bond motifs is 3. The number of esters is 1. The molecule has 1 heterocycles. The zero-order chi connectivity index (χ0) is 13.4. The lowest BCUT2D eigenvalue weighted by Gasteiger charge is -2.20. The summed E-state index contributed by atoms with van der Waals surface area (Å²) in [6, 6.07) is 6.24. The summed E-state index contributed by atoms with van der Waals surface area (Å²) < 4.78 is 6.22. The van der Waals surface area contributed by atoms with Gasteiger partial charge in [0, 0.05) is 21.1 Å². The monoisotopic (exact) mass is 321 g/mol. The molecule has 3 rings (SSSR count). The summed E-state index contributed by atoms with van der Waals surface area (Å²) in [5.41, 5.74) is 3.70. The first kappa shape index (κ1) is 12.7. The number of ether oxygens (including phenoxy) is 1. The second-order valence-electron chi connectivity index (χ2n) is 4.96. The zero-order valence-electron chi connectivity index (χ0n) is 10.8. The minimum Gasteiger partial charge on any atom is -0.466 e. The van der Waals surface area contributed by atoms with Crippen LogP contribution in [-0.2, 0) is 22.4 Å². The topological polar surface area (TPSA) is 42.1 Å². The molecule has 0 aliphatic heterocycles. The average Bonchev–Trinajstić information content (AvgIpc) is 2.76. The van der Waals surface area contributed by atoms with Gasteiger partial charge in [-0.3, -0.25) is 4.79 Å². The third kappa shape index (κ3) is 2.29. The fourth-order valence-corrected chi connectivity index (χ4v) is 3.21. The molecule has 4 heteroatoms. The number of nitrogens with one attached hydrogen (secondary N) is 1. The van der Waals surface area contributed by atoms with E-state index in [9.17, 15) is 4.79 Å². The van der Waals surface area contributed by atoms with Crippen LogP contribution >= 0.6 is 15.9 Å². The van der Waals surface area contributed by atoms with E-state index in [0.717, 1.165) is 29.3 Å². The molecule has 1 aliphatic rings. The van der Waals surface area contributed by atoms with E-state index in [0.29, 0.717) is 6.61 Å². The summed E-state index contributed by atoms with van der Waals surface area (Å²) in [5, 5.41) is 1.22. The normalized spacial score (nSPS) is 18.3. The summed E-state index contributed by atoms with van der Waals surface area (Å²) in [6.45, 7) is 2.32. The molecule has 1 aromatic carbocycles. The summed E-state index contributed by atoms with van der Waals surface area (Å²) in [7, 11) is 0. The first-order valence-corrected chi connectivity index (χ1v) is 7.44. The van der Waals surface area contributed by atoms with Gasteiger partial charge >= 0.3 is 5.97 Å². The molecule has 0 amide bonds. The molecular weight excluding hydrogens is 306 g/mol. The van der Waals surface area contributed by atoms with Crippen molar-refractivity contribution in [1.82, 2.24) is 4.98 Å². The number of rotatable bonds is 2. The Morgan fingerprint density at radius 1 is 1.53 bits per heavy atom. The number of aromatic nitrogens is 1. The molecule has 3 nitrogen and oxygen atoms in total. The van der Waals surface area contributed by atoms with Gasteiger partial charge < -0.3 is 9.72 Å². The van der Waals surface area contributed by atoms with Crippen molar-refractivity contribution in [2.24, 2.45) is 5.92 Å². The quantitative estimate of drug-likeness (QED) is 0.859. The summed E-state index contributed by atoms with van der Waals surface area (Å²) in [5.74, 6) is -0.0528. The fraction of sp³-hybridized carbons (Fsp3) is 0.400. The van der Waals surface area contributed by atoms with E-state index in [1.165, 1.54) is 16.6 Å². The molecule has 100 valence electrons.